The molecule has 2 heterocycles. The van der Waals surface area contributed by atoms with Crippen molar-refractivity contribution in [3.63, 3.8) is 0 Å². The molecular formula is C12H17BrN2OS. The van der Waals surface area contributed by atoms with Gasteiger partial charge in [0.25, 0.3) is 5.91 Å². The number of hydrogen-bond donors (Lipinski definition) is 1. The Morgan fingerprint density at radius 2 is 2.18 bits per heavy atom. The number of rotatable bonds is 3. The molecule has 0 aromatic carbocycles. The summed E-state index contributed by atoms with van der Waals surface area (Å²) in [7, 11) is 0. The predicted octanol–water partition coefficient (Wildman–Crippen LogP) is 2.71. The summed E-state index contributed by atoms with van der Waals surface area (Å²) >= 11 is 4.89. The Balaban J connectivity index is 1.90. The molecule has 0 atom stereocenters. The van der Waals surface area contributed by atoms with Crippen LogP contribution in [0.1, 0.15) is 28.9 Å². The highest BCUT2D eigenvalue weighted by molar-refractivity contribution is 9.11. The van der Waals surface area contributed by atoms with Crippen LogP contribution in [0.15, 0.2) is 15.9 Å². The molecule has 1 amide bonds. The van der Waals surface area contributed by atoms with E-state index in [4.69, 9.17) is 5.73 Å². The monoisotopic (exact) mass is 316 g/mol. The average molecular weight is 317 g/mol. The number of likely N-dealkylation sites (tertiary alicyclic amines) is 1. The van der Waals surface area contributed by atoms with Gasteiger partial charge in [-0.1, -0.05) is 0 Å². The number of carbonyl (C=O) groups is 1. The molecule has 0 bridgehead atoms. The second-order valence-electron chi connectivity index (χ2n) is 4.42. The van der Waals surface area contributed by atoms with E-state index in [9.17, 15) is 4.79 Å². The SMILES string of the molecule is NCCC1CCN(C(=O)c2ccc(Br)s2)CC1. The van der Waals surface area contributed by atoms with Crippen LogP contribution in [0.4, 0.5) is 0 Å². The number of piperidine rings is 1. The Hall–Kier alpha value is -0.390. The van der Waals surface area contributed by atoms with E-state index in [1.165, 1.54) is 11.3 Å². The van der Waals surface area contributed by atoms with Crippen molar-refractivity contribution in [2.75, 3.05) is 19.6 Å². The third-order valence-corrected chi connectivity index (χ3v) is 4.87. The molecule has 1 aliphatic rings. The van der Waals surface area contributed by atoms with Crippen LogP contribution >= 0.6 is 27.3 Å². The number of thiophene rings is 1. The molecule has 0 spiro atoms. The molecule has 1 aromatic rings. The smallest absolute Gasteiger partial charge is 0.263 e. The Labute approximate surface area is 114 Å². The van der Waals surface area contributed by atoms with Crippen LogP contribution in [0, 0.1) is 5.92 Å². The Morgan fingerprint density at radius 3 is 2.71 bits per heavy atom. The van der Waals surface area contributed by atoms with E-state index in [-0.39, 0.29) is 5.91 Å². The number of hydrogen-bond acceptors (Lipinski definition) is 3. The van der Waals surface area contributed by atoms with Gasteiger partial charge >= 0.3 is 0 Å². The summed E-state index contributed by atoms with van der Waals surface area (Å²) in [6.07, 6.45) is 3.28. The third kappa shape index (κ3) is 3.30. The van der Waals surface area contributed by atoms with Gasteiger partial charge < -0.3 is 10.6 Å². The fourth-order valence-electron chi connectivity index (χ4n) is 2.25. The summed E-state index contributed by atoms with van der Waals surface area (Å²) in [5.74, 6) is 0.881. The summed E-state index contributed by atoms with van der Waals surface area (Å²) in [4.78, 5) is 15.0. The van der Waals surface area contributed by atoms with Gasteiger partial charge in [0.1, 0.15) is 0 Å². The first-order valence-corrected chi connectivity index (χ1v) is 7.56. The lowest BCUT2D eigenvalue weighted by atomic mass is 9.93. The van der Waals surface area contributed by atoms with Crippen molar-refractivity contribution in [1.29, 1.82) is 0 Å². The lowest BCUT2D eigenvalue weighted by molar-refractivity contribution is 0.0693. The normalized spacial score (nSPS) is 17.4. The van der Waals surface area contributed by atoms with Crippen LogP contribution < -0.4 is 5.73 Å². The summed E-state index contributed by atoms with van der Waals surface area (Å²) in [5.41, 5.74) is 5.56. The molecule has 1 saturated heterocycles. The zero-order valence-electron chi connectivity index (χ0n) is 9.69. The fraction of sp³-hybridized carbons (Fsp3) is 0.583. The van der Waals surface area contributed by atoms with Crippen LogP contribution in [0.5, 0.6) is 0 Å². The van der Waals surface area contributed by atoms with Gasteiger partial charge in [-0.15, -0.1) is 11.3 Å². The molecule has 0 unspecified atom stereocenters. The average Bonchev–Trinajstić information content (AvgIpc) is 2.76. The Morgan fingerprint density at radius 1 is 1.47 bits per heavy atom. The summed E-state index contributed by atoms with van der Waals surface area (Å²) < 4.78 is 1.01. The van der Waals surface area contributed by atoms with Gasteiger partial charge in [0.15, 0.2) is 0 Å². The van der Waals surface area contributed by atoms with Gasteiger partial charge in [0.05, 0.1) is 8.66 Å². The first kappa shape index (κ1) is 13.1. The number of halogens is 1. The van der Waals surface area contributed by atoms with E-state index in [1.807, 2.05) is 17.0 Å². The minimum absolute atomic E-state index is 0.173. The molecule has 94 valence electrons. The van der Waals surface area contributed by atoms with E-state index >= 15 is 0 Å². The van der Waals surface area contributed by atoms with Crippen molar-refractivity contribution in [3.05, 3.63) is 20.8 Å². The lowest BCUT2D eigenvalue weighted by Gasteiger charge is -2.31. The summed E-state index contributed by atoms with van der Waals surface area (Å²) in [6.45, 7) is 2.51. The van der Waals surface area contributed by atoms with Crippen LogP contribution in [-0.4, -0.2) is 30.4 Å². The van der Waals surface area contributed by atoms with Crippen molar-refractivity contribution in [2.24, 2.45) is 11.7 Å². The predicted molar refractivity (Wildman–Crippen MR) is 74.3 cm³/mol. The molecule has 0 radical (unpaired) electrons. The van der Waals surface area contributed by atoms with Gasteiger partial charge in [0, 0.05) is 13.1 Å². The number of nitrogens with zero attached hydrogens (tertiary/aromatic N) is 1. The summed E-state index contributed by atoms with van der Waals surface area (Å²) in [5, 5.41) is 0. The Kier molecular flexibility index (Phi) is 4.59. The minimum Gasteiger partial charge on any atom is -0.338 e. The maximum Gasteiger partial charge on any atom is 0.263 e. The standard InChI is InChI=1S/C12H17BrN2OS/c13-11-2-1-10(17-11)12(16)15-7-4-9(3-6-14)5-8-15/h1-2,9H,3-8,14H2. The first-order valence-electron chi connectivity index (χ1n) is 5.95. The molecule has 0 aliphatic carbocycles. The molecule has 5 heteroatoms. The highest BCUT2D eigenvalue weighted by Gasteiger charge is 2.23. The van der Waals surface area contributed by atoms with Crippen LogP contribution in [0.25, 0.3) is 0 Å². The zero-order chi connectivity index (χ0) is 12.3. The van der Waals surface area contributed by atoms with Crippen LogP contribution in [0.3, 0.4) is 0 Å². The van der Waals surface area contributed by atoms with E-state index in [0.29, 0.717) is 5.92 Å². The Bertz CT molecular complexity index is 386. The largest absolute Gasteiger partial charge is 0.338 e. The molecular weight excluding hydrogens is 300 g/mol. The molecule has 17 heavy (non-hydrogen) atoms. The van der Waals surface area contributed by atoms with E-state index in [0.717, 1.165) is 47.6 Å². The maximum atomic E-state index is 12.2. The van der Waals surface area contributed by atoms with Crippen molar-refractivity contribution >= 4 is 33.2 Å². The van der Waals surface area contributed by atoms with Crippen molar-refractivity contribution in [1.82, 2.24) is 4.90 Å². The van der Waals surface area contributed by atoms with Gasteiger partial charge in [-0.2, -0.15) is 0 Å². The summed E-state index contributed by atoms with van der Waals surface area (Å²) in [6, 6.07) is 3.82. The maximum absolute atomic E-state index is 12.2. The van der Waals surface area contributed by atoms with E-state index < -0.39 is 0 Å². The third-order valence-electron chi connectivity index (χ3n) is 3.26. The van der Waals surface area contributed by atoms with Crippen molar-refractivity contribution < 1.29 is 4.79 Å². The molecule has 2 N–H and O–H groups in total. The molecule has 0 saturated carbocycles. The second kappa shape index (κ2) is 5.98. The van der Waals surface area contributed by atoms with Gasteiger partial charge in [0.2, 0.25) is 0 Å². The molecule has 1 aliphatic heterocycles. The highest BCUT2D eigenvalue weighted by Crippen LogP contribution is 2.26. The minimum atomic E-state index is 0.173. The fourth-order valence-corrected chi connectivity index (χ4v) is 3.60. The number of amides is 1. The number of carbonyl (C=O) groups excluding carboxylic acids is 1. The molecule has 1 fully saturated rings. The number of nitrogens with two attached hydrogens (primary N) is 1. The van der Waals surface area contributed by atoms with Gasteiger partial charge in [-0.25, -0.2) is 0 Å². The topological polar surface area (TPSA) is 46.3 Å². The van der Waals surface area contributed by atoms with E-state index in [2.05, 4.69) is 15.9 Å². The second-order valence-corrected chi connectivity index (χ2v) is 6.88. The first-order chi connectivity index (χ1) is 8.20. The molecule has 2 rings (SSSR count). The van der Waals surface area contributed by atoms with Crippen molar-refractivity contribution in [3.8, 4) is 0 Å². The quantitative estimate of drug-likeness (QED) is 0.932. The van der Waals surface area contributed by atoms with Gasteiger partial charge in [-0.05, 0) is 59.8 Å². The van der Waals surface area contributed by atoms with Crippen molar-refractivity contribution in [2.45, 2.75) is 19.3 Å². The van der Waals surface area contributed by atoms with Gasteiger partial charge in [-0.3, -0.25) is 4.79 Å². The highest BCUT2D eigenvalue weighted by atomic mass is 79.9. The van der Waals surface area contributed by atoms with E-state index in [1.54, 1.807) is 0 Å². The zero-order valence-corrected chi connectivity index (χ0v) is 12.1. The van der Waals surface area contributed by atoms with Crippen LogP contribution in [-0.2, 0) is 0 Å². The molecule has 3 nitrogen and oxygen atoms in total. The lowest BCUT2D eigenvalue weighted by Crippen LogP contribution is -2.38. The molecule has 1 aromatic heterocycles. The van der Waals surface area contributed by atoms with Crippen LogP contribution in [0.2, 0.25) is 0 Å².